The van der Waals surface area contributed by atoms with Crippen molar-refractivity contribution >= 4 is 11.6 Å². The molecule has 5 nitrogen and oxygen atoms in total. The predicted molar refractivity (Wildman–Crippen MR) is 96.4 cm³/mol. The lowest BCUT2D eigenvalue weighted by Crippen LogP contribution is -2.52. The Morgan fingerprint density at radius 1 is 1.15 bits per heavy atom. The molecule has 2 saturated heterocycles. The number of benzene rings is 1. The summed E-state index contributed by atoms with van der Waals surface area (Å²) in [5.41, 5.74) is 0.219. The highest BCUT2D eigenvalue weighted by atomic mass is 19.1. The van der Waals surface area contributed by atoms with Crippen molar-refractivity contribution < 1.29 is 19.0 Å². The Morgan fingerprint density at radius 2 is 1.85 bits per heavy atom. The Balaban J connectivity index is 1.44. The van der Waals surface area contributed by atoms with Crippen molar-refractivity contribution in [1.29, 1.82) is 0 Å². The van der Waals surface area contributed by atoms with Crippen LogP contribution in [-0.4, -0.2) is 61.9 Å². The molecule has 4 rings (SSSR count). The van der Waals surface area contributed by atoms with Crippen molar-refractivity contribution in [3.8, 4) is 0 Å². The van der Waals surface area contributed by atoms with Gasteiger partial charge in [0.05, 0.1) is 11.1 Å². The van der Waals surface area contributed by atoms with Crippen LogP contribution in [0.5, 0.6) is 0 Å². The number of halogens is 1. The van der Waals surface area contributed by atoms with Crippen molar-refractivity contribution in [2.75, 3.05) is 50.9 Å². The van der Waals surface area contributed by atoms with E-state index in [1.54, 1.807) is 12.1 Å². The molecule has 142 valence electrons. The summed E-state index contributed by atoms with van der Waals surface area (Å²) in [6.07, 6.45) is 3.23. The first kappa shape index (κ1) is 17.7. The third kappa shape index (κ3) is 2.79. The van der Waals surface area contributed by atoms with Gasteiger partial charge in [0.25, 0.3) is 0 Å². The van der Waals surface area contributed by atoms with Gasteiger partial charge >= 0.3 is 0 Å². The molecule has 1 atom stereocenters. The Kier molecular flexibility index (Phi) is 4.65. The highest BCUT2D eigenvalue weighted by Crippen LogP contribution is 2.71. The van der Waals surface area contributed by atoms with Crippen LogP contribution in [0.25, 0.3) is 0 Å². The van der Waals surface area contributed by atoms with Gasteiger partial charge in [-0.15, -0.1) is 0 Å². The van der Waals surface area contributed by atoms with Crippen molar-refractivity contribution in [2.45, 2.75) is 25.7 Å². The van der Waals surface area contributed by atoms with Gasteiger partial charge in [0.1, 0.15) is 5.82 Å². The SMILES string of the molecule is O=C(N1CCN(c2ccccc2F)CC1)C1(CCO)CC12CCOCC2. The van der Waals surface area contributed by atoms with Crippen molar-refractivity contribution in [1.82, 2.24) is 4.90 Å². The fraction of sp³-hybridized carbons (Fsp3) is 0.650. The van der Waals surface area contributed by atoms with E-state index >= 15 is 0 Å². The van der Waals surface area contributed by atoms with Crippen LogP contribution in [0.1, 0.15) is 25.7 Å². The van der Waals surface area contributed by atoms with Gasteiger partial charge in [0.15, 0.2) is 0 Å². The second-order valence-electron chi connectivity index (χ2n) is 7.86. The number of piperazine rings is 1. The summed E-state index contributed by atoms with van der Waals surface area (Å²) in [4.78, 5) is 17.3. The molecule has 26 heavy (non-hydrogen) atoms. The van der Waals surface area contributed by atoms with Gasteiger partial charge in [-0.05, 0) is 43.2 Å². The molecule has 0 bridgehead atoms. The lowest BCUT2D eigenvalue weighted by atomic mass is 9.83. The van der Waals surface area contributed by atoms with E-state index in [1.807, 2.05) is 15.9 Å². The average molecular weight is 362 g/mol. The molecule has 1 aromatic rings. The van der Waals surface area contributed by atoms with Gasteiger partial charge in [-0.25, -0.2) is 4.39 Å². The van der Waals surface area contributed by atoms with Crippen LogP contribution in [0.15, 0.2) is 24.3 Å². The summed E-state index contributed by atoms with van der Waals surface area (Å²) in [7, 11) is 0. The Morgan fingerprint density at radius 3 is 2.50 bits per heavy atom. The Hall–Kier alpha value is -1.66. The molecule has 1 saturated carbocycles. The molecule has 2 heterocycles. The normalized spacial score (nSPS) is 27.6. The van der Waals surface area contributed by atoms with Crippen LogP contribution < -0.4 is 4.90 Å². The predicted octanol–water partition coefficient (Wildman–Crippen LogP) is 2.04. The molecule has 2 aliphatic heterocycles. The number of para-hydroxylation sites is 1. The maximum Gasteiger partial charge on any atom is 0.229 e. The van der Waals surface area contributed by atoms with E-state index in [-0.39, 0.29) is 23.7 Å². The molecule has 0 aromatic heterocycles. The van der Waals surface area contributed by atoms with E-state index in [0.29, 0.717) is 51.5 Å². The minimum Gasteiger partial charge on any atom is -0.396 e. The van der Waals surface area contributed by atoms with Crippen molar-refractivity contribution in [2.24, 2.45) is 10.8 Å². The molecule has 1 unspecified atom stereocenters. The van der Waals surface area contributed by atoms with Gasteiger partial charge in [-0.2, -0.15) is 0 Å². The molecular weight excluding hydrogens is 335 g/mol. The number of amides is 1. The third-order valence-electron chi connectivity index (χ3n) is 6.69. The fourth-order valence-electron chi connectivity index (χ4n) is 5.07. The number of aliphatic hydroxyl groups is 1. The van der Waals surface area contributed by atoms with Gasteiger partial charge < -0.3 is 19.6 Å². The highest BCUT2D eigenvalue weighted by Gasteiger charge is 2.71. The lowest BCUT2D eigenvalue weighted by Gasteiger charge is -2.39. The zero-order chi connectivity index (χ0) is 18.2. The summed E-state index contributed by atoms with van der Waals surface area (Å²) in [5, 5.41) is 9.57. The van der Waals surface area contributed by atoms with Gasteiger partial charge in [0.2, 0.25) is 5.91 Å². The van der Waals surface area contributed by atoms with Gasteiger partial charge in [-0.1, -0.05) is 12.1 Å². The maximum absolute atomic E-state index is 14.0. The fourth-order valence-corrected chi connectivity index (χ4v) is 5.07. The molecule has 0 radical (unpaired) electrons. The zero-order valence-corrected chi connectivity index (χ0v) is 15.1. The maximum atomic E-state index is 14.0. The van der Waals surface area contributed by atoms with Crippen LogP contribution in [0.2, 0.25) is 0 Å². The van der Waals surface area contributed by atoms with Crippen molar-refractivity contribution in [3.63, 3.8) is 0 Å². The van der Waals surface area contributed by atoms with E-state index in [9.17, 15) is 14.3 Å². The average Bonchev–Trinajstić information content (AvgIpc) is 3.29. The first-order valence-corrected chi connectivity index (χ1v) is 9.59. The number of carbonyl (C=O) groups is 1. The van der Waals surface area contributed by atoms with E-state index in [1.165, 1.54) is 6.07 Å². The van der Waals surface area contributed by atoms with Crippen molar-refractivity contribution in [3.05, 3.63) is 30.1 Å². The minimum absolute atomic E-state index is 0.0216. The quantitative estimate of drug-likeness (QED) is 0.891. The molecular formula is C20H27FN2O3. The first-order valence-electron chi connectivity index (χ1n) is 9.59. The summed E-state index contributed by atoms with van der Waals surface area (Å²) >= 11 is 0. The van der Waals surface area contributed by atoms with E-state index in [4.69, 9.17) is 4.74 Å². The lowest BCUT2D eigenvalue weighted by molar-refractivity contribution is -0.140. The monoisotopic (exact) mass is 362 g/mol. The molecule has 3 fully saturated rings. The van der Waals surface area contributed by atoms with Crippen LogP contribution in [0.4, 0.5) is 10.1 Å². The van der Waals surface area contributed by atoms with Crippen LogP contribution >= 0.6 is 0 Å². The second kappa shape index (κ2) is 6.82. The topological polar surface area (TPSA) is 53.0 Å². The molecule has 1 aromatic carbocycles. The zero-order valence-electron chi connectivity index (χ0n) is 15.1. The molecule has 1 spiro atoms. The summed E-state index contributed by atoms with van der Waals surface area (Å²) < 4.78 is 19.5. The Bertz CT molecular complexity index is 669. The van der Waals surface area contributed by atoms with E-state index in [0.717, 1.165) is 19.3 Å². The largest absolute Gasteiger partial charge is 0.396 e. The number of hydrogen-bond acceptors (Lipinski definition) is 4. The number of nitrogens with zero attached hydrogens (tertiary/aromatic N) is 2. The standard InChI is InChI=1S/C20H27FN2O3/c21-16-3-1-2-4-17(16)22-8-10-23(11-9-22)18(25)20(5-12-24)15-19(20)6-13-26-14-7-19/h1-4,24H,5-15H2. The van der Waals surface area contributed by atoms with Crippen LogP contribution in [0.3, 0.4) is 0 Å². The molecule has 1 N–H and O–H groups in total. The first-order chi connectivity index (χ1) is 12.6. The molecule has 1 amide bonds. The van der Waals surface area contributed by atoms with Crippen LogP contribution in [-0.2, 0) is 9.53 Å². The molecule has 3 aliphatic rings. The number of ether oxygens (including phenoxy) is 1. The number of hydrogen-bond donors (Lipinski definition) is 1. The molecule has 1 aliphatic carbocycles. The number of rotatable bonds is 4. The molecule has 6 heteroatoms. The van der Waals surface area contributed by atoms with Gasteiger partial charge in [-0.3, -0.25) is 4.79 Å². The third-order valence-corrected chi connectivity index (χ3v) is 6.69. The highest BCUT2D eigenvalue weighted by molar-refractivity contribution is 5.87. The summed E-state index contributed by atoms with van der Waals surface area (Å²) in [5.74, 6) is -0.0333. The Labute approximate surface area is 153 Å². The van der Waals surface area contributed by atoms with E-state index in [2.05, 4.69) is 0 Å². The van der Waals surface area contributed by atoms with E-state index < -0.39 is 5.41 Å². The van der Waals surface area contributed by atoms with Crippen LogP contribution in [0, 0.1) is 16.6 Å². The smallest absolute Gasteiger partial charge is 0.229 e. The summed E-state index contributed by atoms with van der Waals surface area (Å²) in [6.45, 7) is 3.95. The number of carbonyl (C=O) groups excluding carboxylic acids is 1. The minimum atomic E-state index is -0.411. The van der Waals surface area contributed by atoms with Gasteiger partial charge in [0, 0.05) is 46.0 Å². The number of aliphatic hydroxyl groups excluding tert-OH is 1. The summed E-state index contributed by atoms with van der Waals surface area (Å²) in [6, 6.07) is 6.79. The second-order valence-corrected chi connectivity index (χ2v) is 7.86. The number of anilines is 1.